The van der Waals surface area contributed by atoms with Gasteiger partial charge in [0, 0.05) is 21.1 Å². The van der Waals surface area contributed by atoms with E-state index in [1.165, 1.54) is 38.2 Å². The molecule has 1 aromatic rings. The molecule has 1 aromatic heterocycles. The molecule has 0 aliphatic rings. The molecule has 0 spiro atoms. The van der Waals surface area contributed by atoms with Crippen LogP contribution in [-0.4, -0.2) is 63.8 Å². The van der Waals surface area contributed by atoms with E-state index >= 15 is 0 Å². The summed E-state index contributed by atoms with van der Waals surface area (Å²) in [4.78, 5) is 24.1. The summed E-state index contributed by atoms with van der Waals surface area (Å²) in [6.45, 7) is -0.914. The highest BCUT2D eigenvalue weighted by Gasteiger charge is 2.25. The molecule has 0 aliphatic heterocycles. The normalized spacial score (nSPS) is 11.5. The Labute approximate surface area is 132 Å². The molecule has 1 heterocycles. The number of ether oxygens (including phenoxy) is 1. The first-order valence-electron chi connectivity index (χ1n) is 5.72. The molecule has 0 aromatic carbocycles. The van der Waals surface area contributed by atoms with Gasteiger partial charge in [-0.2, -0.15) is 4.31 Å². The van der Waals surface area contributed by atoms with Gasteiger partial charge >= 0.3 is 5.97 Å². The molecule has 21 heavy (non-hydrogen) atoms. The minimum atomic E-state index is -3.80. The van der Waals surface area contributed by atoms with Gasteiger partial charge in [0.25, 0.3) is 15.9 Å². The summed E-state index contributed by atoms with van der Waals surface area (Å²) in [5, 5.41) is 0. The van der Waals surface area contributed by atoms with E-state index in [1.54, 1.807) is 0 Å². The third-order valence-electron chi connectivity index (χ3n) is 2.42. The maximum atomic E-state index is 12.1. The molecule has 118 valence electrons. The Morgan fingerprint density at radius 3 is 2.38 bits per heavy atom. The number of rotatable bonds is 6. The molecule has 0 aliphatic carbocycles. The van der Waals surface area contributed by atoms with Crippen LogP contribution in [0.1, 0.15) is 0 Å². The number of likely N-dealkylation sites (N-methyl/N-ethyl adjacent to an activating group) is 2. The van der Waals surface area contributed by atoms with Crippen molar-refractivity contribution in [2.75, 3.05) is 34.3 Å². The lowest BCUT2D eigenvalue weighted by molar-refractivity contribution is -0.151. The third-order valence-corrected chi connectivity index (χ3v) is 5.92. The summed E-state index contributed by atoms with van der Waals surface area (Å²) in [6.07, 6.45) is 0. The first-order valence-corrected chi connectivity index (χ1v) is 8.35. The monoisotopic (exact) mass is 354 g/mol. The zero-order chi connectivity index (χ0) is 16.2. The zero-order valence-corrected chi connectivity index (χ0v) is 14.1. The van der Waals surface area contributed by atoms with Gasteiger partial charge in [0.15, 0.2) is 6.61 Å². The van der Waals surface area contributed by atoms with Gasteiger partial charge in [0.1, 0.15) is 10.8 Å². The van der Waals surface area contributed by atoms with Gasteiger partial charge in [0.2, 0.25) is 0 Å². The van der Waals surface area contributed by atoms with E-state index in [1.807, 2.05) is 0 Å². The molecule has 0 N–H and O–H groups in total. The highest BCUT2D eigenvalue weighted by Crippen LogP contribution is 2.27. The molecule has 1 amide bonds. The highest BCUT2D eigenvalue weighted by atomic mass is 35.5. The third kappa shape index (κ3) is 4.95. The van der Waals surface area contributed by atoms with Crippen molar-refractivity contribution in [2.24, 2.45) is 0 Å². The summed E-state index contributed by atoms with van der Waals surface area (Å²) in [5.41, 5.74) is 0. The Kier molecular flexibility index (Phi) is 6.14. The van der Waals surface area contributed by atoms with E-state index in [-0.39, 0.29) is 10.1 Å². The lowest BCUT2D eigenvalue weighted by atomic mass is 10.6. The van der Waals surface area contributed by atoms with Crippen molar-refractivity contribution in [1.29, 1.82) is 0 Å². The molecule has 0 fully saturated rings. The van der Waals surface area contributed by atoms with Gasteiger partial charge in [-0.05, 0) is 12.1 Å². The molecule has 0 saturated carbocycles. The molecule has 0 radical (unpaired) electrons. The van der Waals surface area contributed by atoms with E-state index in [9.17, 15) is 18.0 Å². The zero-order valence-electron chi connectivity index (χ0n) is 11.7. The van der Waals surface area contributed by atoms with Crippen LogP contribution in [0.15, 0.2) is 16.3 Å². The van der Waals surface area contributed by atoms with Gasteiger partial charge in [-0.15, -0.1) is 11.3 Å². The van der Waals surface area contributed by atoms with Crippen molar-refractivity contribution in [3.05, 3.63) is 16.5 Å². The van der Waals surface area contributed by atoms with Crippen molar-refractivity contribution in [3.8, 4) is 0 Å². The van der Waals surface area contributed by atoms with Crippen LogP contribution in [0.4, 0.5) is 0 Å². The first kappa shape index (κ1) is 17.9. The molecule has 0 saturated heterocycles. The van der Waals surface area contributed by atoms with Crippen molar-refractivity contribution in [1.82, 2.24) is 9.21 Å². The molecular weight excluding hydrogens is 340 g/mol. The van der Waals surface area contributed by atoms with E-state index < -0.39 is 29.1 Å². The summed E-state index contributed by atoms with van der Waals surface area (Å²) < 4.78 is 30.2. The maximum absolute atomic E-state index is 12.1. The number of amides is 1. The van der Waals surface area contributed by atoms with Crippen LogP contribution < -0.4 is 0 Å². The number of hydrogen-bond donors (Lipinski definition) is 0. The minimum Gasteiger partial charge on any atom is -0.455 e. The molecule has 1 rings (SSSR count). The van der Waals surface area contributed by atoms with Crippen molar-refractivity contribution in [2.45, 2.75) is 4.21 Å². The number of sulfonamides is 1. The van der Waals surface area contributed by atoms with E-state index in [2.05, 4.69) is 0 Å². The predicted molar refractivity (Wildman–Crippen MR) is 78.8 cm³/mol. The van der Waals surface area contributed by atoms with Crippen LogP contribution in [0, 0.1) is 0 Å². The van der Waals surface area contributed by atoms with E-state index in [4.69, 9.17) is 16.3 Å². The highest BCUT2D eigenvalue weighted by molar-refractivity contribution is 7.91. The second-order valence-electron chi connectivity index (χ2n) is 4.27. The summed E-state index contributed by atoms with van der Waals surface area (Å²) in [5.74, 6) is -1.20. The van der Waals surface area contributed by atoms with Gasteiger partial charge in [0.05, 0.1) is 4.34 Å². The Balaban J connectivity index is 2.62. The topological polar surface area (TPSA) is 84.0 Å². The SMILES string of the molecule is CN(C)C(=O)COC(=O)CN(C)S(=O)(=O)c1ccc(Cl)s1. The maximum Gasteiger partial charge on any atom is 0.321 e. The molecule has 0 unspecified atom stereocenters. The fourth-order valence-electron chi connectivity index (χ4n) is 1.17. The van der Waals surface area contributed by atoms with E-state index in [0.29, 0.717) is 4.34 Å². The number of carbonyl (C=O) groups excluding carboxylic acids is 2. The summed E-state index contributed by atoms with van der Waals surface area (Å²) in [7, 11) is 0.493. The average Bonchev–Trinajstić information content (AvgIpc) is 2.82. The fourth-order valence-corrected chi connectivity index (χ4v) is 3.98. The summed E-state index contributed by atoms with van der Waals surface area (Å²) in [6, 6.07) is 2.82. The average molecular weight is 355 g/mol. The quantitative estimate of drug-likeness (QED) is 0.700. The number of hydrogen-bond acceptors (Lipinski definition) is 6. The van der Waals surface area contributed by atoms with Crippen molar-refractivity contribution >= 4 is 44.8 Å². The Hall–Kier alpha value is -1.16. The molecule has 10 heteroatoms. The second kappa shape index (κ2) is 7.21. The van der Waals surface area contributed by atoms with Gasteiger partial charge in [-0.3, -0.25) is 9.59 Å². The van der Waals surface area contributed by atoms with Crippen LogP contribution in [0.2, 0.25) is 4.34 Å². The lowest BCUT2D eigenvalue weighted by Crippen LogP contribution is -2.34. The number of nitrogens with zero attached hydrogens (tertiary/aromatic N) is 2. The second-order valence-corrected chi connectivity index (χ2v) is 8.26. The predicted octanol–water partition coefficient (Wildman–Crippen LogP) is 0.653. The molecular formula is C11H15ClN2O5S2. The van der Waals surface area contributed by atoms with Crippen LogP contribution in [0.5, 0.6) is 0 Å². The molecule has 0 atom stereocenters. The Bertz CT molecular complexity index is 626. The van der Waals surface area contributed by atoms with E-state index in [0.717, 1.165) is 15.6 Å². The smallest absolute Gasteiger partial charge is 0.321 e. The van der Waals surface area contributed by atoms with Gasteiger partial charge in [-0.25, -0.2) is 8.42 Å². The first-order chi connectivity index (χ1) is 9.64. The van der Waals surface area contributed by atoms with Crippen LogP contribution >= 0.6 is 22.9 Å². The fraction of sp³-hybridized carbons (Fsp3) is 0.455. The summed E-state index contributed by atoms with van der Waals surface area (Å²) >= 11 is 6.59. The number of carbonyl (C=O) groups is 2. The van der Waals surface area contributed by atoms with Crippen LogP contribution in [-0.2, 0) is 24.3 Å². The lowest BCUT2D eigenvalue weighted by Gasteiger charge is -2.15. The molecule has 7 nitrogen and oxygen atoms in total. The standard InChI is InChI=1S/C11H15ClN2O5S2/c1-13(2)9(15)7-19-10(16)6-14(3)21(17,18)11-5-4-8(12)20-11/h4-5H,6-7H2,1-3H3. The van der Waals surface area contributed by atoms with Crippen molar-refractivity contribution < 1.29 is 22.7 Å². The van der Waals surface area contributed by atoms with Gasteiger partial charge < -0.3 is 9.64 Å². The van der Waals surface area contributed by atoms with Crippen LogP contribution in [0.25, 0.3) is 0 Å². The van der Waals surface area contributed by atoms with Crippen molar-refractivity contribution in [3.63, 3.8) is 0 Å². The Morgan fingerprint density at radius 1 is 1.29 bits per heavy atom. The Morgan fingerprint density at radius 2 is 1.90 bits per heavy atom. The largest absolute Gasteiger partial charge is 0.455 e. The molecule has 0 bridgehead atoms. The number of thiophene rings is 1. The number of halogens is 1. The van der Waals surface area contributed by atoms with Gasteiger partial charge in [-0.1, -0.05) is 11.6 Å². The minimum absolute atomic E-state index is 0.0344. The van der Waals surface area contributed by atoms with Crippen LogP contribution in [0.3, 0.4) is 0 Å². The number of esters is 1.